The van der Waals surface area contributed by atoms with Crippen LogP contribution < -0.4 is 0 Å². The number of likely N-dealkylation sites (tertiary alicyclic amines) is 1. The fourth-order valence-electron chi connectivity index (χ4n) is 4.39. The molecule has 1 aliphatic heterocycles. The van der Waals surface area contributed by atoms with E-state index in [1.165, 1.54) is 11.1 Å². The zero-order valence-corrected chi connectivity index (χ0v) is 15.1. The molecule has 3 unspecified atom stereocenters. The van der Waals surface area contributed by atoms with Gasteiger partial charge in [0, 0.05) is 24.2 Å². The van der Waals surface area contributed by atoms with Crippen molar-refractivity contribution in [2.24, 2.45) is 5.92 Å². The fourth-order valence-corrected chi connectivity index (χ4v) is 4.63. The van der Waals surface area contributed by atoms with Crippen LogP contribution >= 0.6 is 11.6 Å². The highest BCUT2D eigenvalue weighted by molar-refractivity contribution is 6.31. The number of benzene rings is 2. The number of hydrogen-bond donors (Lipinski definition) is 0. The van der Waals surface area contributed by atoms with E-state index in [9.17, 15) is 4.79 Å². The Bertz CT molecular complexity index is 791. The molecule has 4 rings (SSSR count). The van der Waals surface area contributed by atoms with Crippen LogP contribution in [0.1, 0.15) is 41.7 Å². The maximum Gasteiger partial charge on any atom is 0.229 e. The molecule has 0 saturated carbocycles. The number of halogens is 1. The van der Waals surface area contributed by atoms with Crippen molar-refractivity contribution in [1.82, 2.24) is 4.90 Å². The molecule has 1 amide bonds. The molecule has 0 radical (unpaired) electrons. The minimum Gasteiger partial charge on any atom is -0.376 e. The molecule has 0 bridgehead atoms. The fraction of sp³-hybridized carbons (Fsp3) is 0.381. The molecule has 1 fully saturated rings. The number of aryl methyl sites for hydroxylation is 1. The number of rotatable bonds is 4. The zero-order valence-electron chi connectivity index (χ0n) is 14.3. The lowest BCUT2D eigenvalue weighted by Crippen LogP contribution is -2.32. The second kappa shape index (κ2) is 6.81. The van der Waals surface area contributed by atoms with Crippen LogP contribution in [0.15, 0.2) is 48.5 Å². The van der Waals surface area contributed by atoms with Crippen molar-refractivity contribution in [2.75, 3.05) is 13.7 Å². The standard InChI is InChI=1S/C21H22ClNO2/c1-25-20(16-8-4-5-9-18(16)22)17-12-13-23(21(17)24)19-11-10-14-6-2-3-7-15(14)19/h2-9,17,19-20H,10-13H2,1H3. The van der Waals surface area contributed by atoms with Gasteiger partial charge in [0.2, 0.25) is 5.91 Å². The highest BCUT2D eigenvalue weighted by atomic mass is 35.5. The Kier molecular flexibility index (Phi) is 4.53. The van der Waals surface area contributed by atoms with Crippen molar-refractivity contribution >= 4 is 17.5 Å². The SMILES string of the molecule is COC(c1ccccc1Cl)C1CCN(C2CCc3ccccc32)C1=O. The zero-order chi connectivity index (χ0) is 17.4. The summed E-state index contributed by atoms with van der Waals surface area (Å²) in [7, 11) is 1.66. The highest BCUT2D eigenvalue weighted by Crippen LogP contribution is 2.43. The number of nitrogens with zero attached hydrogens (tertiary/aromatic N) is 1. The highest BCUT2D eigenvalue weighted by Gasteiger charge is 2.43. The first kappa shape index (κ1) is 16.6. The van der Waals surface area contributed by atoms with Crippen LogP contribution in [-0.2, 0) is 16.0 Å². The molecule has 2 aromatic carbocycles. The van der Waals surface area contributed by atoms with Crippen molar-refractivity contribution in [2.45, 2.75) is 31.4 Å². The van der Waals surface area contributed by atoms with Gasteiger partial charge in [0.15, 0.2) is 0 Å². The Morgan fingerprint density at radius 3 is 2.68 bits per heavy atom. The van der Waals surface area contributed by atoms with E-state index in [1.54, 1.807) is 7.11 Å². The van der Waals surface area contributed by atoms with Crippen LogP contribution in [-0.4, -0.2) is 24.5 Å². The first-order chi connectivity index (χ1) is 12.2. The van der Waals surface area contributed by atoms with Gasteiger partial charge < -0.3 is 9.64 Å². The second-order valence-corrected chi connectivity index (χ2v) is 7.27. The van der Waals surface area contributed by atoms with E-state index in [4.69, 9.17) is 16.3 Å². The van der Waals surface area contributed by atoms with Gasteiger partial charge in [-0.3, -0.25) is 4.79 Å². The maximum absolute atomic E-state index is 13.2. The summed E-state index contributed by atoms with van der Waals surface area (Å²) >= 11 is 6.35. The summed E-state index contributed by atoms with van der Waals surface area (Å²) in [5.74, 6) is 0.0196. The Hall–Kier alpha value is -1.84. The predicted molar refractivity (Wildman–Crippen MR) is 98.5 cm³/mol. The molecule has 3 nitrogen and oxygen atoms in total. The van der Waals surface area contributed by atoms with Crippen molar-refractivity contribution in [3.8, 4) is 0 Å². The van der Waals surface area contributed by atoms with Gasteiger partial charge in [0.05, 0.1) is 18.1 Å². The lowest BCUT2D eigenvalue weighted by molar-refractivity contribution is -0.136. The van der Waals surface area contributed by atoms with Crippen LogP contribution in [0.5, 0.6) is 0 Å². The third-order valence-corrected chi connectivity index (χ3v) is 5.93. The number of amides is 1. The Morgan fingerprint density at radius 1 is 1.12 bits per heavy atom. The summed E-state index contributed by atoms with van der Waals surface area (Å²) in [6, 6.07) is 16.3. The van der Waals surface area contributed by atoms with Gasteiger partial charge in [-0.1, -0.05) is 54.1 Å². The van der Waals surface area contributed by atoms with Gasteiger partial charge in [-0.05, 0) is 36.5 Å². The van der Waals surface area contributed by atoms with E-state index < -0.39 is 0 Å². The summed E-state index contributed by atoms with van der Waals surface area (Å²) in [6.07, 6.45) is 2.58. The van der Waals surface area contributed by atoms with Crippen LogP contribution in [0.3, 0.4) is 0 Å². The van der Waals surface area contributed by atoms with E-state index >= 15 is 0 Å². The molecule has 3 atom stereocenters. The Morgan fingerprint density at radius 2 is 1.88 bits per heavy atom. The van der Waals surface area contributed by atoms with E-state index in [0.717, 1.165) is 31.4 Å². The summed E-state index contributed by atoms with van der Waals surface area (Å²) in [5, 5.41) is 0.659. The molecule has 0 aromatic heterocycles. The summed E-state index contributed by atoms with van der Waals surface area (Å²) in [5.41, 5.74) is 3.58. The normalized spacial score (nSPS) is 23.8. The number of carbonyl (C=O) groups is 1. The average molecular weight is 356 g/mol. The van der Waals surface area contributed by atoms with Crippen LogP contribution in [0.2, 0.25) is 5.02 Å². The summed E-state index contributed by atoms with van der Waals surface area (Å²) in [6.45, 7) is 0.785. The van der Waals surface area contributed by atoms with Crippen molar-refractivity contribution in [3.05, 3.63) is 70.2 Å². The van der Waals surface area contributed by atoms with Gasteiger partial charge >= 0.3 is 0 Å². The first-order valence-corrected chi connectivity index (χ1v) is 9.24. The second-order valence-electron chi connectivity index (χ2n) is 6.86. The predicted octanol–water partition coefficient (Wildman–Crippen LogP) is 4.56. The van der Waals surface area contributed by atoms with Gasteiger partial charge in [-0.2, -0.15) is 0 Å². The van der Waals surface area contributed by atoms with Crippen molar-refractivity contribution in [1.29, 1.82) is 0 Å². The van der Waals surface area contributed by atoms with E-state index in [0.29, 0.717) is 5.02 Å². The Labute approximate surface area is 153 Å². The van der Waals surface area contributed by atoms with E-state index in [1.807, 2.05) is 24.3 Å². The molecule has 0 N–H and O–H groups in total. The molecule has 2 aromatic rings. The number of hydrogen-bond acceptors (Lipinski definition) is 2. The monoisotopic (exact) mass is 355 g/mol. The minimum absolute atomic E-state index is 0.169. The number of fused-ring (bicyclic) bond motifs is 1. The lowest BCUT2D eigenvalue weighted by Gasteiger charge is -2.27. The Balaban J connectivity index is 1.59. The lowest BCUT2D eigenvalue weighted by atomic mass is 9.94. The minimum atomic E-state index is -0.289. The molecule has 1 saturated heterocycles. The van der Waals surface area contributed by atoms with Gasteiger partial charge in [0.1, 0.15) is 0 Å². The maximum atomic E-state index is 13.2. The van der Waals surface area contributed by atoms with Gasteiger partial charge in [-0.25, -0.2) is 0 Å². The smallest absolute Gasteiger partial charge is 0.229 e. The van der Waals surface area contributed by atoms with Crippen LogP contribution in [0.4, 0.5) is 0 Å². The first-order valence-electron chi connectivity index (χ1n) is 8.86. The number of carbonyl (C=O) groups excluding carboxylic acids is 1. The average Bonchev–Trinajstić information content (AvgIpc) is 3.21. The molecule has 25 heavy (non-hydrogen) atoms. The number of methoxy groups -OCH3 is 1. The summed E-state index contributed by atoms with van der Waals surface area (Å²) < 4.78 is 5.72. The van der Waals surface area contributed by atoms with Gasteiger partial charge in [0.25, 0.3) is 0 Å². The van der Waals surface area contributed by atoms with Crippen molar-refractivity contribution < 1.29 is 9.53 Å². The van der Waals surface area contributed by atoms with Crippen molar-refractivity contribution in [3.63, 3.8) is 0 Å². The third-order valence-electron chi connectivity index (χ3n) is 5.59. The molecule has 4 heteroatoms. The molecule has 2 aliphatic rings. The molecular weight excluding hydrogens is 334 g/mol. The molecule has 1 aliphatic carbocycles. The van der Waals surface area contributed by atoms with Crippen LogP contribution in [0.25, 0.3) is 0 Å². The third kappa shape index (κ3) is 2.86. The van der Waals surface area contributed by atoms with Gasteiger partial charge in [-0.15, -0.1) is 0 Å². The molecule has 1 heterocycles. The quantitative estimate of drug-likeness (QED) is 0.804. The van der Waals surface area contributed by atoms with E-state index in [2.05, 4.69) is 29.2 Å². The summed E-state index contributed by atoms with van der Waals surface area (Å²) in [4.78, 5) is 15.2. The number of ether oxygens (including phenoxy) is 1. The molecular formula is C21H22ClNO2. The molecule has 0 spiro atoms. The van der Waals surface area contributed by atoms with E-state index in [-0.39, 0.29) is 24.0 Å². The molecule has 130 valence electrons. The topological polar surface area (TPSA) is 29.5 Å². The van der Waals surface area contributed by atoms with Crippen LogP contribution in [0, 0.1) is 5.92 Å². The largest absolute Gasteiger partial charge is 0.376 e.